The molecule has 1 N–H and O–H groups in total. The molecule has 0 atom stereocenters. The minimum absolute atomic E-state index is 0.131. The summed E-state index contributed by atoms with van der Waals surface area (Å²) in [6.07, 6.45) is 0.996. The summed E-state index contributed by atoms with van der Waals surface area (Å²) in [6, 6.07) is 10.9. The van der Waals surface area contributed by atoms with Crippen molar-refractivity contribution in [1.82, 2.24) is 5.32 Å². The minimum Gasteiger partial charge on any atom is -0.354 e. The molecule has 0 heterocycles. The molecule has 2 aromatic carbocycles. The number of anilines is 1. The van der Waals surface area contributed by atoms with Gasteiger partial charge in [-0.05, 0) is 29.8 Å². The van der Waals surface area contributed by atoms with Crippen molar-refractivity contribution in [2.75, 3.05) is 29.4 Å². The second kappa shape index (κ2) is 10.3. The fourth-order valence-electron chi connectivity index (χ4n) is 2.31. The summed E-state index contributed by atoms with van der Waals surface area (Å²) < 4.78 is 38.6. The average Bonchev–Trinajstić information content (AvgIpc) is 2.60. The van der Waals surface area contributed by atoms with Crippen LogP contribution in [0.15, 0.2) is 42.5 Å². The van der Waals surface area contributed by atoms with Crippen LogP contribution in [-0.2, 0) is 20.6 Å². The summed E-state index contributed by atoms with van der Waals surface area (Å²) in [4.78, 5) is 12.2. The summed E-state index contributed by atoms with van der Waals surface area (Å²) >= 11 is 13.4. The Bertz CT molecular complexity index is 942. The number of halogens is 3. The number of nitrogens with one attached hydrogen (secondary N) is 1. The molecule has 2 rings (SSSR count). The van der Waals surface area contributed by atoms with Crippen molar-refractivity contribution in [2.24, 2.45) is 0 Å². The molecule has 0 aliphatic rings. The second-order valence-corrected chi connectivity index (χ2v) is 9.71. The lowest BCUT2D eigenvalue weighted by molar-refractivity contribution is -0.119. The molecular weight excluding hydrogens is 446 g/mol. The Hall–Kier alpha value is -1.48. The van der Waals surface area contributed by atoms with Crippen LogP contribution in [0.4, 0.5) is 10.1 Å². The molecule has 0 spiro atoms. The molecule has 10 heteroatoms. The number of benzene rings is 2. The van der Waals surface area contributed by atoms with Crippen LogP contribution in [0, 0.1) is 5.82 Å². The van der Waals surface area contributed by atoms with Crippen molar-refractivity contribution in [2.45, 2.75) is 5.75 Å². The van der Waals surface area contributed by atoms with Crippen LogP contribution >= 0.6 is 35.0 Å². The van der Waals surface area contributed by atoms with E-state index in [1.165, 1.54) is 36.0 Å². The maximum Gasteiger partial charge on any atom is 0.240 e. The minimum atomic E-state index is -3.73. The number of amides is 1. The lowest BCUT2D eigenvalue weighted by atomic mass is 10.2. The first-order valence-corrected chi connectivity index (χ1v) is 11.9. The van der Waals surface area contributed by atoms with Gasteiger partial charge in [0.05, 0.1) is 17.0 Å². The van der Waals surface area contributed by atoms with Gasteiger partial charge in [-0.3, -0.25) is 9.10 Å². The number of hydrogen-bond acceptors (Lipinski definition) is 4. The zero-order valence-electron chi connectivity index (χ0n) is 15.0. The zero-order valence-corrected chi connectivity index (χ0v) is 18.1. The molecule has 0 radical (unpaired) electrons. The van der Waals surface area contributed by atoms with E-state index in [0.29, 0.717) is 28.6 Å². The van der Waals surface area contributed by atoms with Crippen LogP contribution < -0.4 is 9.62 Å². The van der Waals surface area contributed by atoms with Gasteiger partial charge in [-0.25, -0.2) is 12.8 Å². The van der Waals surface area contributed by atoms with Gasteiger partial charge in [-0.1, -0.05) is 41.4 Å². The summed E-state index contributed by atoms with van der Waals surface area (Å²) in [5.74, 6) is 0.310. The third-order valence-corrected chi connectivity index (χ3v) is 6.32. The Morgan fingerprint density at radius 3 is 2.57 bits per heavy atom. The van der Waals surface area contributed by atoms with Gasteiger partial charge < -0.3 is 5.32 Å². The van der Waals surface area contributed by atoms with Crippen molar-refractivity contribution in [1.29, 1.82) is 0 Å². The monoisotopic (exact) mass is 464 g/mol. The number of rotatable bonds is 9. The molecule has 0 bridgehead atoms. The van der Waals surface area contributed by atoms with Crippen LogP contribution in [0.2, 0.25) is 10.0 Å². The number of nitrogens with zero attached hydrogens (tertiary/aromatic N) is 1. The lowest BCUT2D eigenvalue weighted by Gasteiger charge is -2.23. The first-order chi connectivity index (χ1) is 13.2. The summed E-state index contributed by atoms with van der Waals surface area (Å²) in [5.41, 5.74) is 0.775. The summed E-state index contributed by atoms with van der Waals surface area (Å²) in [7, 11) is -3.73. The highest BCUT2D eigenvalue weighted by Crippen LogP contribution is 2.30. The number of carbonyl (C=O) groups excluding carboxylic acids is 1. The predicted octanol–water partition coefficient (Wildman–Crippen LogP) is 3.95. The third kappa shape index (κ3) is 6.84. The smallest absolute Gasteiger partial charge is 0.240 e. The second-order valence-electron chi connectivity index (χ2n) is 5.86. The van der Waals surface area contributed by atoms with Gasteiger partial charge >= 0.3 is 0 Å². The van der Waals surface area contributed by atoms with Gasteiger partial charge in [0.25, 0.3) is 0 Å². The van der Waals surface area contributed by atoms with E-state index in [0.717, 1.165) is 10.6 Å². The van der Waals surface area contributed by atoms with E-state index >= 15 is 0 Å². The van der Waals surface area contributed by atoms with Crippen LogP contribution in [0.1, 0.15) is 5.56 Å². The topological polar surface area (TPSA) is 66.5 Å². The van der Waals surface area contributed by atoms with E-state index in [-0.39, 0.29) is 16.5 Å². The van der Waals surface area contributed by atoms with E-state index in [4.69, 9.17) is 23.2 Å². The molecular formula is C18H19Cl2FN2O3S2. The molecule has 0 aromatic heterocycles. The molecule has 0 saturated carbocycles. The lowest BCUT2D eigenvalue weighted by Crippen LogP contribution is -2.41. The van der Waals surface area contributed by atoms with Crippen LogP contribution in [0.5, 0.6) is 0 Å². The number of sulfonamides is 1. The summed E-state index contributed by atoms with van der Waals surface area (Å²) in [6.45, 7) is -0.0813. The Kier molecular flexibility index (Phi) is 8.42. The fraction of sp³-hybridized carbons (Fsp3) is 0.278. The number of thioether (sulfide) groups is 1. The zero-order chi connectivity index (χ0) is 20.7. The molecule has 5 nitrogen and oxygen atoms in total. The molecule has 1 amide bonds. The highest BCUT2D eigenvalue weighted by molar-refractivity contribution is 7.98. The van der Waals surface area contributed by atoms with Gasteiger partial charge in [0, 0.05) is 23.1 Å². The predicted molar refractivity (Wildman–Crippen MR) is 114 cm³/mol. The maximum atomic E-state index is 13.5. The van der Waals surface area contributed by atoms with E-state index in [9.17, 15) is 17.6 Å². The average molecular weight is 465 g/mol. The van der Waals surface area contributed by atoms with Crippen molar-refractivity contribution in [3.63, 3.8) is 0 Å². The molecule has 2 aromatic rings. The van der Waals surface area contributed by atoms with E-state index in [1.54, 1.807) is 18.2 Å². The van der Waals surface area contributed by atoms with E-state index in [1.807, 2.05) is 0 Å². The Morgan fingerprint density at radius 1 is 1.21 bits per heavy atom. The number of hydrogen-bond donors (Lipinski definition) is 1. The normalized spacial score (nSPS) is 11.3. The van der Waals surface area contributed by atoms with Gasteiger partial charge in [-0.2, -0.15) is 11.8 Å². The summed E-state index contributed by atoms with van der Waals surface area (Å²) in [5, 5.41) is 3.15. The Labute approximate surface area is 178 Å². The first-order valence-electron chi connectivity index (χ1n) is 8.19. The molecule has 0 aliphatic heterocycles. The van der Waals surface area contributed by atoms with Gasteiger partial charge in [0.15, 0.2) is 0 Å². The van der Waals surface area contributed by atoms with Crippen molar-refractivity contribution in [3.8, 4) is 0 Å². The molecule has 0 fully saturated rings. The molecule has 152 valence electrons. The largest absolute Gasteiger partial charge is 0.354 e. The van der Waals surface area contributed by atoms with Crippen molar-refractivity contribution in [3.05, 3.63) is 63.9 Å². The SMILES string of the molecule is CS(=O)(=O)N(CC(=O)NCCSCc1ccccc1F)c1ccc(Cl)cc1Cl. The van der Waals surface area contributed by atoms with E-state index in [2.05, 4.69) is 5.32 Å². The Balaban J connectivity index is 1.88. The maximum absolute atomic E-state index is 13.5. The van der Waals surface area contributed by atoms with E-state index < -0.39 is 22.5 Å². The van der Waals surface area contributed by atoms with Gasteiger partial charge in [-0.15, -0.1) is 0 Å². The first kappa shape index (κ1) is 22.8. The molecule has 0 saturated heterocycles. The van der Waals surface area contributed by atoms with Gasteiger partial charge in [0.1, 0.15) is 12.4 Å². The van der Waals surface area contributed by atoms with Crippen LogP contribution in [-0.4, -0.2) is 39.4 Å². The van der Waals surface area contributed by atoms with Crippen LogP contribution in [0.3, 0.4) is 0 Å². The van der Waals surface area contributed by atoms with Gasteiger partial charge in [0.2, 0.25) is 15.9 Å². The molecule has 28 heavy (non-hydrogen) atoms. The molecule has 0 aliphatic carbocycles. The fourth-order valence-corrected chi connectivity index (χ4v) is 4.58. The Morgan fingerprint density at radius 2 is 1.93 bits per heavy atom. The molecule has 0 unspecified atom stereocenters. The third-order valence-electron chi connectivity index (χ3n) is 3.65. The highest BCUT2D eigenvalue weighted by atomic mass is 35.5. The van der Waals surface area contributed by atoms with Crippen molar-refractivity contribution >= 4 is 56.6 Å². The van der Waals surface area contributed by atoms with Crippen LogP contribution in [0.25, 0.3) is 0 Å². The standard InChI is InChI=1S/C18H19Cl2FN2O3S2/c1-28(25,26)23(17-7-6-14(19)10-15(17)20)11-18(24)22-8-9-27-12-13-4-2-3-5-16(13)21/h2-7,10H,8-9,11-12H2,1H3,(H,22,24). The van der Waals surface area contributed by atoms with Crippen molar-refractivity contribution < 1.29 is 17.6 Å². The quantitative estimate of drug-likeness (QED) is 0.570. The number of carbonyl (C=O) groups is 1. The highest BCUT2D eigenvalue weighted by Gasteiger charge is 2.23.